The maximum atomic E-state index is 11.4. The van der Waals surface area contributed by atoms with Crippen LogP contribution in [0.2, 0.25) is 0 Å². The van der Waals surface area contributed by atoms with E-state index >= 15 is 0 Å². The number of hydrogen-bond acceptors (Lipinski definition) is 4. The topological polar surface area (TPSA) is 63.2 Å². The second-order valence-electron chi connectivity index (χ2n) is 4.08. The van der Waals surface area contributed by atoms with Gasteiger partial charge in [-0.05, 0) is 30.9 Å². The van der Waals surface area contributed by atoms with Crippen LogP contribution in [0.3, 0.4) is 0 Å². The molecule has 0 atom stereocenters. The molecule has 1 amide bonds. The van der Waals surface area contributed by atoms with Crippen LogP contribution in [0, 0.1) is 5.92 Å². The second-order valence-corrected chi connectivity index (χ2v) is 8.04. The Morgan fingerprint density at radius 1 is 1.47 bits per heavy atom. The summed E-state index contributed by atoms with van der Waals surface area (Å²) in [6.07, 6.45) is 2.86. The fourth-order valence-electron chi connectivity index (χ4n) is 1.43. The summed E-state index contributed by atoms with van der Waals surface area (Å²) in [6.45, 7) is 0.364. The summed E-state index contributed by atoms with van der Waals surface area (Å²) in [5.74, 6) is 0.577. The van der Waals surface area contributed by atoms with Crippen molar-refractivity contribution in [1.29, 1.82) is 0 Å². The van der Waals surface area contributed by atoms with Gasteiger partial charge in [-0.3, -0.25) is 4.79 Å². The molecule has 0 bridgehead atoms. The van der Waals surface area contributed by atoms with Crippen molar-refractivity contribution in [3.8, 4) is 0 Å². The standard InChI is InChI=1S/C10H12ClNO3S2/c11-17(14,15)10-4-3-8(16-10)6-12-9(13)5-7-1-2-7/h3-4,7H,1-2,5-6H2,(H,12,13). The van der Waals surface area contributed by atoms with Gasteiger partial charge in [-0.25, -0.2) is 8.42 Å². The van der Waals surface area contributed by atoms with Crippen LogP contribution in [-0.2, 0) is 20.4 Å². The monoisotopic (exact) mass is 293 g/mol. The Bertz CT molecular complexity index is 519. The molecule has 0 aliphatic heterocycles. The number of carbonyl (C=O) groups excluding carboxylic acids is 1. The first-order valence-corrected chi connectivity index (χ1v) is 8.38. The molecule has 4 nitrogen and oxygen atoms in total. The zero-order chi connectivity index (χ0) is 12.5. The van der Waals surface area contributed by atoms with E-state index in [1.807, 2.05) is 0 Å². The summed E-state index contributed by atoms with van der Waals surface area (Å²) in [7, 11) is 1.56. The van der Waals surface area contributed by atoms with Crippen LogP contribution in [0.5, 0.6) is 0 Å². The highest BCUT2D eigenvalue weighted by molar-refractivity contribution is 8.15. The molecule has 17 heavy (non-hydrogen) atoms. The Morgan fingerprint density at radius 2 is 2.18 bits per heavy atom. The molecule has 0 radical (unpaired) electrons. The first-order chi connectivity index (χ1) is 7.95. The van der Waals surface area contributed by atoms with E-state index in [1.54, 1.807) is 6.07 Å². The van der Waals surface area contributed by atoms with E-state index in [4.69, 9.17) is 10.7 Å². The number of hydrogen-bond donors (Lipinski definition) is 1. The van der Waals surface area contributed by atoms with Crippen LogP contribution in [0.15, 0.2) is 16.3 Å². The summed E-state index contributed by atoms with van der Waals surface area (Å²) in [4.78, 5) is 12.2. The summed E-state index contributed by atoms with van der Waals surface area (Å²) in [5.41, 5.74) is 0. The van der Waals surface area contributed by atoms with Crippen molar-refractivity contribution >= 4 is 37.0 Å². The van der Waals surface area contributed by atoms with Crippen LogP contribution in [0.25, 0.3) is 0 Å². The molecule has 1 aromatic rings. The summed E-state index contributed by atoms with van der Waals surface area (Å²) < 4.78 is 22.2. The van der Waals surface area contributed by atoms with E-state index in [0.717, 1.165) is 29.1 Å². The van der Waals surface area contributed by atoms with Crippen molar-refractivity contribution in [3.63, 3.8) is 0 Å². The van der Waals surface area contributed by atoms with Gasteiger partial charge in [0.25, 0.3) is 9.05 Å². The zero-order valence-corrected chi connectivity index (χ0v) is 11.4. The average Bonchev–Trinajstić information content (AvgIpc) is 2.90. The second kappa shape index (κ2) is 4.96. The smallest absolute Gasteiger partial charge is 0.270 e. The summed E-state index contributed by atoms with van der Waals surface area (Å²) in [6, 6.07) is 3.12. The van der Waals surface area contributed by atoms with Gasteiger partial charge in [0, 0.05) is 22.0 Å². The zero-order valence-electron chi connectivity index (χ0n) is 8.98. The van der Waals surface area contributed by atoms with Gasteiger partial charge in [-0.1, -0.05) is 0 Å². The van der Waals surface area contributed by atoms with Gasteiger partial charge >= 0.3 is 0 Å². The third-order valence-corrected chi connectivity index (χ3v) is 5.69. The van der Waals surface area contributed by atoms with Gasteiger partial charge in [0.2, 0.25) is 5.91 Å². The Hall–Kier alpha value is -0.590. The minimum absolute atomic E-state index is 0.0242. The van der Waals surface area contributed by atoms with E-state index < -0.39 is 9.05 Å². The largest absolute Gasteiger partial charge is 0.351 e. The van der Waals surface area contributed by atoms with Gasteiger partial charge in [0.05, 0.1) is 6.54 Å². The molecule has 1 aliphatic carbocycles. The molecule has 94 valence electrons. The van der Waals surface area contributed by atoms with Crippen molar-refractivity contribution in [2.75, 3.05) is 0 Å². The van der Waals surface area contributed by atoms with Crippen molar-refractivity contribution in [3.05, 3.63) is 17.0 Å². The predicted molar refractivity (Wildman–Crippen MR) is 66.5 cm³/mol. The van der Waals surface area contributed by atoms with E-state index in [0.29, 0.717) is 18.9 Å². The average molecular weight is 294 g/mol. The molecule has 1 aromatic heterocycles. The Morgan fingerprint density at radius 3 is 2.71 bits per heavy atom. The van der Waals surface area contributed by atoms with Gasteiger partial charge in [-0.2, -0.15) is 0 Å². The predicted octanol–water partition coefficient (Wildman–Crippen LogP) is 2.09. The first-order valence-electron chi connectivity index (χ1n) is 5.25. The van der Waals surface area contributed by atoms with Crippen LogP contribution < -0.4 is 5.32 Å². The first kappa shape index (κ1) is 12.9. The van der Waals surface area contributed by atoms with Crippen LogP contribution in [-0.4, -0.2) is 14.3 Å². The van der Waals surface area contributed by atoms with Crippen LogP contribution >= 0.6 is 22.0 Å². The molecule has 0 saturated heterocycles. The number of amides is 1. The maximum absolute atomic E-state index is 11.4. The van der Waals surface area contributed by atoms with Crippen LogP contribution in [0.1, 0.15) is 24.1 Å². The minimum Gasteiger partial charge on any atom is -0.351 e. The third-order valence-electron chi connectivity index (χ3n) is 2.51. The molecule has 0 unspecified atom stereocenters. The van der Waals surface area contributed by atoms with Gasteiger partial charge in [-0.15, -0.1) is 11.3 Å². The number of thiophene rings is 1. The highest BCUT2D eigenvalue weighted by Gasteiger charge is 2.24. The molecule has 7 heteroatoms. The quantitative estimate of drug-likeness (QED) is 0.846. The Labute approximate surface area is 108 Å². The molecular weight excluding hydrogens is 282 g/mol. The van der Waals surface area contributed by atoms with Crippen molar-refractivity contribution < 1.29 is 13.2 Å². The lowest BCUT2D eigenvalue weighted by molar-refractivity contribution is -0.121. The third kappa shape index (κ3) is 3.97. The Kier molecular flexibility index (Phi) is 3.75. The normalized spacial score (nSPS) is 15.8. The molecule has 1 N–H and O–H groups in total. The highest BCUT2D eigenvalue weighted by Crippen LogP contribution is 2.32. The number of halogens is 1. The fourth-order valence-corrected chi connectivity index (χ4v) is 3.49. The van der Waals surface area contributed by atoms with Crippen molar-refractivity contribution in [2.24, 2.45) is 5.92 Å². The van der Waals surface area contributed by atoms with Gasteiger partial charge < -0.3 is 5.32 Å². The van der Waals surface area contributed by atoms with Crippen molar-refractivity contribution in [1.82, 2.24) is 5.32 Å². The summed E-state index contributed by atoms with van der Waals surface area (Å²) >= 11 is 1.08. The molecule has 0 spiro atoms. The maximum Gasteiger partial charge on any atom is 0.270 e. The lowest BCUT2D eigenvalue weighted by Gasteiger charge is -2.01. The highest BCUT2D eigenvalue weighted by atomic mass is 35.7. The molecule has 0 aromatic carbocycles. The molecule has 2 rings (SSSR count). The van der Waals surface area contributed by atoms with Gasteiger partial charge in [0.15, 0.2) is 0 Å². The fraction of sp³-hybridized carbons (Fsp3) is 0.500. The molecule has 1 saturated carbocycles. The SMILES string of the molecule is O=C(CC1CC1)NCc1ccc(S(=O)(=O)Cl)s1. The summed E-state index contributed by atoms with van der Waals surface area (Å²) in [5, 5.41) is 2.77. The molecule has 1 heterocycles. The van der Waals surface area contributed by atoms with Crippen molar-refractivity contribution in [2.45, 2.75) is 30.0 Å². The van der Waals surface area contributed by atoms with E-state index in [-0.39, 0.29) is 10.1 Å². The molecule has 1 fully saturated rings. The Balaban J connectivity index is 1.86. The van der Waals surface area contributed by atoms with Gasteiger partial charge in [0.1, 0.15) is 4.21 Å². The number of carbonyl (C=O) groups is 1. The number of rotatable bonds is 5. The van der Waals surface area contributed by atoms with E-state index in [9.17, 15) is 13.2 Å². The lowest BCUT2D eigenvalue weighted by atomic mass is 10.3. The number of nitrogens with one attached hydrogen (secondary N) is 1. The molecular formula is C10H12ClNO3S2. The minimum atomic E-state index is -3.65. The molecule has 1 aliphatic rings. The lowest BCUT2D eigenvalue weighted by Crippen LogP contribution is -2.22. The van der Waals surface area contributed by atoms with E-state index in [1.165, 1.54) is 6.07 Å². The van der Waals surface area contributed by atoms with E-state index in [2.05, 4.69) is 5.32 Å². The van der Waals surface area contributed by atoms with Crippen LogP contribution in [0.4, 0.5) is 0 Å².